The summed E-state index contributed by atoms with van der Waals surface area (Å²) in [4.78, 5) is 28.0. The average Bonchev–Trinajstić information content (AvgIpc) is 2.98. The standard InChI is InChI=1S/C29H33Cl2N3O7S/c1-6-32-29(36)19(2)33(17-20-9-7-8-10-23(20)31)28(35)18-34(24-15-21(30)11-13-25(24)39-3)42(37,38)22-12-14-26(40-4)27(16-22)41-5/h7-16,19H,6,17-18H2,1-5H3,(H,32,36)/t19-/m0/s1. The number of likely N-dealkylation sites (N-methyl/N-ethyl adjacent to an activating group) is 1. The highest BCUT2D eigenvalue weighted by molar-refractivity contribution is 7.92. The number of halogens is 2. The van der Waals surface area contributed by atoms with Gasteiger partial charge in [0, 0.05) is 29.2 Å². The summed E-state index contributed by atoms with van der Waals surface area (Å²) in [6.07, 6.45) is 0. The Hall–Kier alpha value is -3.67. The Kier molecular flexibility index (Phi) is 11.3. The largest absolute Gasteiger partial charge is 0.495 e. The van der Waals surface area contributed by atoms with Gasteiger partial charge >= 0.3 is 0 Å². The average molecular weight is 639 g/mol. The fraction of sp³-hybridized carbons (Fsp3) is 0.310. The van der Waals surface area contributed by atoms with Crippen molar-refractivity contribution in [3.63, 3.8) is 0 Å². The minimum atomic E-state index is -4.44. The van der Waals surface area contributed by atoms with E-state index in [4.69, 9.17) is 37.4 Å². The Bertz CT molecular complexity index is 1540. The number of nitrogens with zero attached hydrogens (tertiary/aromatic N) is 2. The quantitative estimate of drug-likeness (QED) is 0.287. The molecular weight excluding hydrogens is 605 g/mol. The van der Waals surface area contributed by atoms with Crippen molar-refractivity contribution in [1.29, 1.82) is 0 Å². The number of sulfonamides is 1. The molecule has 3 aromatic carbocycles. The Morgan fingerprint density at radius 3 is 2.17 bits per heavy atom. The molecule has 2 amide bonds. The van der Waals surface area contributed by atoms with Gasteiger partial charge in [-0.2, -0.15) is 0 Å². The van der Waals surface area contributed by atoms with Crippen molar-refractivity contribution in [1.82, 2.24) is 10.2 Å². The second kappa shape index (κ2) is 14.5. The molecule has 0 bridgehead atoms. The van der Waals surface area contributed by atoms with E-state index in [0.29, 0.717) is 22.9 Å². The molecule has 0 saturated carbocycles. The summed E-state index contributed by atoms with van der Waals surface area (Å²) in [7, 11) is -0.262. The molecule has 1 atom stereocenters. The minimum absolute atomic E-state index is 0.0245. The first-order valence-electron chi connectivity index (χ1n) is 12.9. The molecule has 10 nitrogen and oxygen atoms in total. The van der Waals surface area contributed by atoms with Gasteiger partial charge in [0.1, 0.15) is 18.3 Å². The van der Waals surface area contributed by atoms with Crippen molar-refractivity contribution in [3.05, 3.63) is 76.3 Å². The van der Waals surface area contributed by atoms with Crippen LogP contribution in [-0.4, -0.2) is 65.6 Å². The van der Waals surface area contributed by atoms with E-state index >= 15 is 0 Å². The maximum atomic E-state index is 14.2. The van der Waals surface area contributed by atoms with Crippen molar-refractivity contribution >= 4 is 50.7 Å². The molecule has 0 aliphatic heterocycles. The van der Waals surface area contributed by atoms with Crippen molar-refractivity contribution < 1.29 is 32.2 Å². The van der Waals surface area contributed by atoms with Crippen LogP contribution in [0.2, 0.25) is 10.0 Å². The van der Waals surface area contributed by atoms with E-state index in [1.54, 1.807) is 38.1 Å². The second-order valence-electron chi connectivity index (χ2n) is 9.03. The lowest BCUT2D eigenvalue weighted by Gasteiger charge is -2.32. The number of nitrogens with one attached hydrogen (secondary N) is 1. The first-order chi connectivity index (χ1) is 20.0. The van der Waals surface area contributed by atoms with Gasteiger partial charge in [-0.25, -0.2) is 8.42 Å². The van der Waals surface area contributed by atoms with Crippen molar-refractivity contribution in [2.24, 2.45) is 0 Å². The number of carbonyl (C=O) groups excluding carboxylic acids is 2. The summed E-state index contributed by atoms with van der Waals surface area (Å²) in [5.74, 6) is -0.424. The highest BCUT2D eigenvalue weighted by Gasteiger charge is 2.34. The van der Waals surface area contributed by atoms with E-state index in [9.17, 15) is 18.0 Å². The number of ether oxygens (including phenoxy) is 3. The van der Waals surface area contributed by atoms with Gasteiger partial charge in [-0.1, -0.05) is 41.4 Å². The fourth-order valence-corrected chi connectivity index (χ4v) is 5.98. The summed E-state index contributed by atoms with van der Waals surface area (Å²) in [6, 6.07) is 14.4. The Morgan fingerprint density at radius 1 is 0.905 bits per heavy atom. The van der Waals surface area contributed by atoms with E-state index in [0.717, 1.165) is 4.31 Å². The van der Waals surface area contributed by atoms with Crippen LogP contribution in [0.1, 0.15) is 19.4 Å². The number of hydrogen-bond acceptors (Lipinski definition) is 7. The number of benzene rings is 3. The zero-order valence-electron chi connectivity index (χ0n) is 23.9. The van der Waals surface area contributed by atoms with Crippen LogP contribution in [0.5, 0.6) is 17.2 Å². The second-order valence-corrected chi connectivity index (χ2v) is 11.7. The smallest absolute Gasteiger partial charge is 0.265 e. The molecule has 3 aromatic rings. The Labute approximate surface area is 256 Å². The summed E-state index contributed by atoms with van der Waals surface area (Å²) in [5.41, 5.74) is 0.606. The third-order valence-corrected chi connectivity index (χ3v) is 8.81. The topological polar surface area (TPSA) is 114 Å². The molecule has 0 aliphatic rings. The first-order valence-corrected chi connectivity index (χ1v) is 15.1. The van der Waals surface area contributed by atoms with Crippen LogP contribution in [0.3, 0.4) is 0 Å². The third-order valence-electron chi connectivity index (χ3n) is 6.45. The maximum absolute atomic E-state index is 14.2. The number of amides is 2. The molecule has 1 N–H and O–H groups in total. The van der Waals surface area contributed by atoms with E-state index in [2.05, 4.69) is 5.32 Å². The molecule has 0 aliphatic carbocycles. The molecular formula is C29H33Cl2N3O7S. The Morgan fingerprint density at radius 2 is 1.55 bits per heavy atom. The zero-order chi connectivity index (χ0) is 31.0. The maximum Gasteiger partial charge on any atom is 0.265 e. The molecule has 0 radical (unpaired) electrons. The van der Waals surface area contributed by atoms with Crippen molar-refractivity contribution in [2.75, 3.05) is 38.7 Å². The zero-order valence-corrected chi connectivity index (χ0v) is 26.2. The van der Waals surface area contributed by atoms with Crippen LogP contribution < -0.4 is 23.8 Å². The molecule has 0 aromatic heterocycles. The van der Waals surface area contributed by atoms with Gasteiger partial charge < -0.3 is 24.4 Å². The lowest BCUT2D eigenvalue weighted by Crippen LogP contribution is -2.51. The van der Waals surface area contributed by atoms with Gasteiger partial charge in [0.2, 0.25) is 11.8 Å². The molecule has 42 heavy (non-hydrogen) atoms. The van der Waals surface area contributed by atoms with Gasteiger partial charge in [0.15, 0.2) is 11.5 Å². The summed E-state index contributed by atoms with van der Waals surface area (Å²) in [6.45, 7) is 2.92. The summed E-state index contributed by atoms with van der Waals surface area (Å²) in [5, 5.41) is 3.32. The SMILES string of the molecule is CCNC(=O)[C@H](C)N(Cc1ccccc1Cl)C(=O)CN(c1cc(Cl)ccc1OC)S(=O)(=O)c1ccc(OC)c(OC)c1. The summed E-state index contributed by atoms with van der Waals surface area (Å²) >= 11 is 12.7. The molecule has 226 valence electrons. The number of hydrogen-bond donors (Lipinski definition) is 1. The molecule has 0 unspecified atom stereocenters. The molecule has 0 fully saturated rings. The van der Waals surface area contributed by atoms with Crippen LogP contribution in [0, 0.1) is 0 Å². The molecule has 0 heterocycles. The predicted molar refractivity (Wildman–Crippen MR) is 162 cm³/mol. The van der Waals surface area contributed by atoms with E-state index in [1.165, 1.54) is 62.6 Å². The normalized spacial score (nSPS) is 11.8. The van der Waals surface area contributed by atoms with Crippen LogP contribution in [0.25, 0.3) is 0 Å². The van der Waals surface area contributed by atoms with Gasteiger partial charge in [-0.3, -0.25) is 13.9 Å². The molecule has 0 saturated heterocycles. The first kappa shape index (κ1) is 32.8. The molecule has 3 rings (SSSR count). The van der Waals surface area contributed by atoms with E-state index in [1.807, 2.05) is 0 Å². The van der Waals surface area contributed by atoms with Gasteiger partial charge in [0.25, 0.3) is 10.0 Å². The van der Waals surface area contributed by atoms with Gasteiger partial charge in [-0.05, 0) is 55.8 Å². The van der Waals surface area contributed by atoms with Crippen LogP contribution in [-0.2, 0) is 26.2 Å². The van der Waals surface area contributed by atoms with E-state index in [-0.39, 0.29) is 33.6 Å². The molecule has 13 heteroatoms. The van der Waals surface area contributed by atoms with Crippen LogP contribution in [0.15, 0.2) is 65.6 Å². The number of methoxy groups -OCH3 is 3. The lowest BCUT2D eigenvalue weighted by atomic mass is 10.1. The van der Waals surface area contributed by atoms with Gasteiger partial charge in [0.05, 0.1) is 31.9 Å². The monoisotopic (exact) mass is 637 g/mol. The lowest BCUT2D eigenvalue weighted by molar-refractivity contribution is -0.139. The fourth-order valence-electron chi connectivity index (χ4n) is 4.19. The number of carbonyl (C=O) groups is 2. The highest BCUT2D eigenvalue weighted by atomic mass is 35.5. The van der Waals surface area contributed by atoms with Crippen LogP contribution >= 0.6 is 23.2 Å². The number of rotatable bonds is 13. The van der Waals surface area contributed by atoms with Crippen molar-refractivity contribution in [2.45, 2.75) is 31.3 Å². The Balaban J connectivity index is 2.16. The van der Waals surface area contributed by atoms with Crippen LogP contribution in [0.4, 0.5) is 5.69 Å². The third kappa shape index (κ3) is 7.39. The van der Waals surface area contributed by atoms with Crippen molar-refractivity contribution in [3.8, 4) is 17.2 Å². The minimum Gasteiger partial charge on any atom is -0.495 e. The summed E-state index contributed by atoms with van der Waals surface area (Å²) < 4.78 is 45.3. The van der Waals surface area contributed by atoms with E-state index < -0.39 is 34.4 Å². The number of anilines is 1. The van der Waals surface area contributed by atoms with Gasteiger partial charge in [-0.15, -0.1) is 0 Å². The highest BCUT2D eigenvalue weighted by Crippen LogP contribution is 2.37. The molecule has 0 spiro atoms. The predicted octanol–water partition coefficient (Wildman–Crippen LogP) is 4.77.